The third-order valence-corrected chi connectivity index (χ3v) is 3.37. The fourth-order valence-electron chi connectivity index (χ4n) is 2.52. The Morgan fingerprint density at radius 2 is 2.39 bits per heavy atom. The van der Waals surface area contributed by atoms with Gasteiger partial charge in [-0.3, -0.25) is 0 Å². The van der Waals surface area contributed by atoms with Crippen molar-refractivity contribution in [2.24, 2.45) is 0 Å². The Morgan fingerprint density at radius 3 is 3.11 bits per heavy atom. The van der Waals surface area contributed by atoms with Gasteiger partial charge >= 0.3 is 5.97 Å². The molecule has 0 aliphatic carbocycles. The molecule has 0 aromatic carbocycles. The van der Waals surface area contributed by atoms with E-state index in [0.717, 1.165) is 37.9 Å². The maximum Gasteiger partial charge on any atom is 0.354 e. The summed E-state index contributed by atoms with van der Waals surface area (Å²) in [6.07, 6.45) is 5.49. The molecule has 2 heterocycles. The van der Waals surface area contributed by atoms with E-state index in [1.54, 1.807) is 12.3 Å². The molecule has 0 radical (unpaired) electrons. The maximum atomic E-state index is 10.9. The van der Waals surface area contributed by atoms with Crippen molar-refractivity contribution in [3.63, 3.8) is 0 Å². The summed E-state index contributed by atoms with van der Waals surface area (Å²) in [6, 6.07) is 3.88. The number of rotatable bonds is 5. The van der Waals surface area contributed by atoms with E-state index in [-0.39, 0.29) is 12.3 Å². The lowest BCUT2D eigenvalue weighted by molar-refractivity contribution is 0.0690. The van der Waals surface area contributed by atoms with Crippen LogP contribution in [-0.4, -0.2) is 40.4 Å². The number of aliphatic hydroxyl groups is 1. The zero-order chi connectivity index (χ0) is 13.0. The van der Waals surface area contributed by atoms with Gasteiger partial charge in [-0.15, -0.1) is 0 Å². The fraction of sp³-hybridized carbons (Fsp3) is 0.538. The van der Waals surface area contributed by atoms with E-state index in [4.69, 9.17) is 10.2 Å². The Bertz CT molecular complexity index is 422. The molecular weight excluding hydrogens is 232 g/mol. The molecule has 1 saturated heterocycles. The minimum absolute atomic E-state index is 0.0836. The Balaban J connectivity index is 2.14. The number of pyridine rings is 1. The van der Waals surface area contributed by atoms with Crippen molar-refractivity contribution >= 4 is 11.7 Å². The molecule has 2 N–H and O–H groups in total. The number of hydrogen-bond donors (Lipinski definition) is 2. The molecular formula is C13H18N2O3. The van der Waals surface area contributed by atoms with E-state index < -0.39 is 5.97 Å². The summed E-state index contributed by atoms with van der Waals surface area (Å²) in [6.45, 7) is 1.15. The monoisotopic (exact) mass is 250 g/mol. The molecule has 98 valence electrons. The van der Waals surface area contributed by atoms with E-state index in [1.807, 2.05) is 6.07 Å². The average Bonchev–Trinajstić information content (AvgIpc) is 2.84. The topological polar surface area (TPSA) is 73.7 Å². The first-order chi connectivity index (χ1) is 8.72. The van der Waals surface area contributed by atoms with Crippen molar-refractivity contribution in [1.29, 1.82) is 0 Å². The molecule has 1 aliphatic rings. The van der Waals surface area contributed by atoms with Crippen molar-refractivity contribution in [3.05, 3.63) is 24.0 Å². The zero-order valence-corrected chi connectivity index (χ0v) is 10.2. The summed E-state index contributed by atoms with van der Waals surface area (Å²) in [4.78, 5) is 17.0. The molecule has 0 spiro atoms. The van der Waals surface area contributed by atoms with Gasteiger partial charge in [0, 0.05) is 31.1 Å². The quantitative estimate of drug-likeness (QED) is 0.828. The maximum absolute atomic E-state index is 10.9. The normalized spacial score (nSPS) is 19.2. The lowest BCUT2D eigenvalue weighted by atomic mass is 10.1. The van der Waals surface area contributed by atoms with Crippen LogP contribution in [0.1, 0.15) is 36.2 Å². The van der Waals surface area contributed by atoms with Gasteiger partial charge < -0.3 is 15.1 Å². The second-order valence-corrected chi connectivity index (χ2v) is 4.56. The molecule has 0 bridgehead atoms. The minimum atomic E-state index is -0.997. The first kappa shape index (κ1) is 12.8. The van der Waals surface area contributed by atoms with E-state index >= 15 is 0 Å². The number of anilines is 1. The van der Waals surface area contributed by atoms with E-state index in [0.29, 0.717) is 6.04 Å². The van der Waals surface area contributed by atoms with Crippen LogP contribution in [0.25, 0.3) is 0 Å². The van der Waals surface area contributed by atoms with Crippen LogP contribution in [0.2, 0.25) is 0 Å². The predicted molar refractivity (Wildman–Crippen MR) is 67.9 cm³/mol. The van der Waals surface area contributed by atoms with Crippen LogP contribution in [0.3, 0.4) is 0 Å². The van der Waals surface area contributed by atoms with Gasteiger partial charge in [-0.05, 0) is 37.8 Å². The zero-order valence-electron chi connectivity index (χ0n) is 10.2. The largest absolute Gasteiger partial charge is 0.477 e. The second-order valence-electron chi connectivity index (χ2n) is 4.56. The Kier molecular flexibility index (Phi) is 4.15. The lowest BCUT2D eigenvalue weighted by Crippen LogP contribution is -2.29. The van der Waals surface area contributed by atoms with Gasteiger partial charge in [-0.25, -0.2) is 9.78 Å². The first-order valence-electron chi connectivity index (χ1n) is 6.29. The molecule has 2 rings (SSSR count). The van der Waals surface area contributed by atoms with Crippen LogP contribution >= 0.6 is 0 Å². The Morgan fingerprint density at radius 1 is 1.56 bits per heavy atom. The van der Waals surface area contributed by atoms with Crippen molar-refractivity contribution in [2.75, 3.05) is 18.1 Å². The summed E-state index contributed by atoms with van der Waals surface area (Å²) >= 11 is 0. The van der Waals surface area contributed by atoms with Crippen molar-refractivity contribution < 1.29 is 15.0 Å². The Hall–Kier alpha value is -1.62. The number of hydrogen-bond acceptors (Lipinski definition) is 4. The number of carboxylic acids is 1. The number of carboxylic acid groups (broad SMARTS) is 1. The van der Waals surface area contributed by atoms with Gasteiger partial charge in [0.05, 0.1) is 0 Å². The summed E-state index contributed by atoms with van der Waals surface area (Å²) in [5.41, 5.74) is 1.00. The third kappa shape index (κ3) is 2.79. The van der Waals surface area contributed by atoms with Crippen LogP contribution in [0.5, 0.6) is 0 Å². The minimum Gasteiger partial charge on any atom is -0.477 e. The summed E-state index contributed by atoms with van der Waals surface area (Å²) in [5.74, 6) is -0.997. The van der Waals surface area contributed by atoms with Gasteiger partial charge in [0.1, 0.15) is 5.69 Å². The molecule has 1 unspecified atom stereocenters. The lowest BCUT2D eigenvalue weighted by Gasteiger charge is -2.26. The summed E-state index contributed by atoms with van der Waals surface area (Å²) in [7, 11) is 0. The van der Waals surface area contributed by atoms with E-state index in [9.17, 15) is 4.79 Å². The second kappa shape index (κ2) is 5.82. The van der Waals surface area contributed by atoms with Gasteiger partial charge in [0.15, 0.2) is 0 Å². The van der Waals surface area contributed by atoms with Crippen LogP contribution < -0.4 is 4.90 Å². The number of aliphatic hydroxyl groups excluding tert-OH is 1. The smallest absolute Gasteiger partial charge is 0.354 e. The molecule has 1 aliphatic heterocycles. The highest BCUT2D eigenvalue weighted by Crippen LogP contribution is 2.28. The highest BCUT2D eigenvalue weighted by Gasteiger charge is 2.24. The SMILES string of the molecule is O=C(O)c1cc(N2CCCC2CCCO)ccn1. The number of nitrogens with zero attached hydrogens (tertiary/aromatic N) is 2. The Labute approximate surface area is 106 Å². The number of carbonyl (C=O) groups is 1. The van der Waals surface area contributed by atoms with Gasteiger partial charge in [-0.2, -0.15) is 0 Å². The average molecular weight is 250 g/mol. The van der Waals surface area contributed by atoms with Crippen molar-refractivity contribution in [1.82, 2.24) is 4.98 Å². The van der Waals surface area contributed by atoms with E-state index in [2.05, 4.69) is 9.88 Å². The van der Waals surface area contributed by atoms with Crippen LogP contribution in [0, 0.1) is 0 Å². The number of aromatic carboxylic acids is 1. The highest BCUT2D eigenvalue weighted by atomic mass is 16.4. The van der Waals surface area contributed by atoms with Crippen LogP contribution in [-0.2, 0) is 0 Å². The van der Waals surface area contributed by atoms with Crippen molar-refractivity contribution in [2.45, 2.75) is 31.7 Å². The molecule has 1 aromatic rings. The van der Waals surface area contributed by atoms with E-state index in [1.165, 1.54) is 0 Å². The molecule has 0 saturated carbocycles. The molecule has 1 fully saturated rings. The van der Waals surface area contributed by atoms with Crippen molar-refractivity contribution in [3.8, 4) is 0 Å². The van der Waals surface area contributed by atoms with Gasteiger partial charge in [0.25, 0.3) is 0 Å². The molecule has 0 amide bonds. The first-order valence-corrected chi connectivity index (χ1v) is 6.29. The fourth-order valence-corrected chi connectivity index (χ4v) is 2.52. The summed E-state index contributed by atoms with van der Waals surface area (Å²) < 4.78 is 0. The van der Waals surface area contributed by atoms with Crippen LogP contribution in [0.4, 0.5) is 5.69 Å². The highest BCUT2D eigenvalue weighted by molar-refractivity contribution is 5.86. The molecule has 5 heteroatoms. The molecule has 1 aromatic heterocycles. The molecule has 1 atom stereocenters. The number of aromatic nitrogens is 1. The standard InChI is InChI=1S/C13H18N2O3/c16-8-2-4-10-3-1-7-15(10)11-5-6-14-12(9-11)13(17)18/h5-6,9-10,16H,1-4,7-8H2,(H,17,18). The van der Waals surface area contributed by atoms with Gasteiger partial charge in [-0.1, -0.05) is 0 Å². The summed E-state index contributed by atoms with van der Waals surface area (Å²) in [5, 5.41) is 17.8. The predicted octanol–water partition coefficient (Wildman–Crippen LogP) is 1.52. The third-order valence-electron chi connectivity index (χ3n) is 3.37. The molecule has 18 heavy (non-hydrogen) atoms. The van der Waals surface area contributed by atoms with Crippen LogP contribution in [0.15, 0.2) is 18.3 Å². The van der Waals surface area contributed by atoms with Gasteiger partial charge in [0.2, 0.25) is 0 Å². The molecule has 5 nitrogen and oxygen atoms in total.